The number of hydrogen-bond acceptors (Lipinski definition) is 8. The summed E-state index contributed by atoms with van der Waals surface area (Å²) in [6.07, 6.45) is 2.75. The molecule has 4 heterocycles. The minimum absolute atomic E-state index is 0.222. The number of carboxylic acid groups (broad SMARTS) is 1. The number of methoxy groups -OCH3 is 2. The molecule has 4 amide bonds. The molecule has 2 fully saturated rings. The van der Waals surface area contributed by atoms with Gasteiger partial charge in [-0.05, 0) is 73.6 Å². The van der Waals surface area contributed by atoms with Gasteiger partial charge in [-0.3, -0.25) is 9.59 Å². The molecule has 5 aromatic rings. The van der Waals surface area contributed by atoms with Crippen LogP contribution in [0.5, 0.6) is 0 Å². The normalized spacial score (nSPS) is 18.0. The van der Waals surface area contributed by atoms with E-state index in [4.69, 9.17) is 9.47 Å². The monoisotopic (exact) mass is 810 g/mol. The molecule has 0 unspecified atom stereocenters. The predicted octanol–water partition coefficient (Wildman–Crippen LogP) is 6.51. The van der Waals surface area contributed by atoms with E-state index in [1.165, 1.54) is 38.7 Å². The van der Waals surface area contributed by atoms with E-state index < -0.39 is 60.0 Å². The summed E-state index contributed by atoms with van der Waals surface area (Å²) in [5.41, 5.74) is 2.71. The van der Waals surface area contributed by atoms with Crippen molar-refractivity contribution in [3.05, 3.63) is 108 Å². The minimum Gasteiger partial charge on any atom is -0.465 e. The Hall–Kier alpha value is -6.62. The van der Waals surface area contributed by atoms with Crippen LogP contribution in [0, 0.1) is 11.6 Å². The topological polar surface area (TPSA) is 195 Å². The van der Waals surface area contributed by atoms with Crippen molar-refractivity contribution in [1.82, 2.24) is 40.4 Å². The lowest BCUT2D eigenvalue weighted by atomic mass is 10.00. The van der Waals surface area contributed by atoms with E-state index in [-0.39, 0.29) is 17.0 Å². The highest BCUT2D eigenvalue weighted by Gasteiger charge is 2.39. The van der Waals surface area contributed by atoms with Crippen molar-refractivity contribution in [2.75, 3.05) is 27.3 Å². The van der Waals surface area contributed by atoms with Gasteiger partial charge in [0.15, 0.2) is 0 Å². The van der Waals surface area contributed by atoms with Gasteiger partial charge in [0.1, 0.15) is 35.4 Å². The molecule has 0 spiro atoms. The highest BCUT2D eigenvalue weighted by molar-refractivity contribution is 5.88. The van der Waals surface area contributed by atoms with Crippen LogP contribution in [0.4, 0.5) is 18.4 Å². The molecule has 308 valence electrons. The molecule has 0 radical (unpaired) electrons. The van der Waals surface area contributed by atoms with Crippen LogP contribution in [0.2, 0.25) is 0 Å². The third kappa shape index (κ3) is 8.50. The fraction of sp³-hybridized carbons (Fsp3) is 0.333. The number of halogens is 2. The summed E-state index contributed by atoms with van der Waals surface area (Å²) in [4.78, 5) is 69.4. The van der Waals surface area contributed by atoms with Crippen LogP contribution in [-0.2, 0) is 19.1 Å². The number of aromatic amines is 2. The number of carbonyl (C=O) groups excluding carboxylic acids is 3. The Kier molecular flexibility index (Phi) is 12.0. The highest BCUT2D eigenvalue weighted by atomic mass is 19.1. The number of amides is 4. The number of nitrogens with one attached hydrogen (secondary N) is 4. The summed E-state index contributed by atoms with van der Waals surface area (Å²) in [5.74, 6) is -0.998. The zero-order chi connectivity index (χ0) is 41.8. The molecule has 2 aliphatic heterocycles. The number of benzene rings is 3. The molecule has 2 saturated heterocycles. The first kappa shape index (κ1) is 40.6. The fourth-order valence-electron chi connectivity index (χ4n) is 7.84. The molecule has 7 rings (SSSR count). The van der Waals surface area contributed by atoms with Gasteiger partial charge in [-0.15, -0.1) is 0 Å². The van der Waals surface area contributed by atoms with E-state index in [1.807, 2.05) is 6.07 Å². The van der Waals surface area contributed by atoms with E-state index in [0.29, 0.717) is 78.5 Å². The van der Waals surface area contributed by atoms with Gasteiger partial charge in [-0.2, -0.15) is 0 Å². The molecule has 0 saturated carbocycles. The molecule has 2 aromatic heterocycles. The van der Waals surface area contributed by atoms with Crippen LogP contribution in [0.1, 0.15) is 67.9 Å². The molecule has 2 aliphatic rings. The van der Waals surface area contributed by atoms with Crippen molar-refractivity contribution >= 4 is 24.0 Å². The van der Waals surface area contributed by atoms with Crippen LogP contribution in [0.15, 0.2) is 79.1 Å². The van der Waals surface area contributed by atoms with Gasteiger partial charge in [0.05, 0.1) is 49.1 Å². The molecule has 17 heteroatoms. The number of imidazole rings is 2. The summed E-state index contributed by atoms with van der Waals surface area (Å²) >= 11 is 0. The lowest BCUT2D eigenvalue weighted by Gasteiger charge is -2.30. The Labute approximate surface area is 338 Å². The zero-order valence-electron chi connectivity index (χ0n) is 32.6. The first-order valence-corrected chi connectivity index (χ1v) is 19.2. The molecule has 3 aromatic carbocycles. The standard InChI is InChI=1S/C42H44F2N8O7/c1-23(58-2)35(49-41(55)56)39(53)51-17-7-11-33(51)37-45-21-31(47-37)27-15-13-25(19-29(27)43)26-14-16-28(30(44)20-26)32-22-46-38(48-32)34-12-8-18-52(34)40(54)36(50-42(57)59-3)24-9-5-4-6-10-24/h4-6,9-10,13-16,19-23,33-36,49H,7-8,11-12,17-18H2,1-3H3,(H,45,47)(H,46,48)(H,50,57)(H,55,56)/t23-,33+,34+,35+,36-/m1/s1. The number of ether oxygens (including phenoxy) is 2. The Morgan fingerprint density at radius 2 is 1.31 bits per heavy atom. The molecule has 15 nitrogen and oxygen atoms in total. The largest absolute Gasteiger partial charge is 0.465 e. The molecule has 0 bridgehead atoms. The van der Waals surface area contributed by atoms with E-state index in [1.54, 1.807) is 65.3 Å². The fourth-order valence-corrected chi connectivity index (χ4v) is 7.84. The van der Waals surface area contributed by atoms with E-state index in [9.17, 15) is 24.3 Å². The van der Waals surface area contributed by atoms with Gasteiger partial charge in [0.25, 0.3) is 5.91 Å². The second-order valence-corrected chi connectivity index (χ2v) is 14.5. The van der Waals surface area contributed by atoms with Gasteiger partial charge in [0.2, 0.25) is 5.91 Å². The first-order chi connectivity index (χ1) is 28.5. The number of rotatable bonds is 12. The maximum absolute atomic E-state index is 15.8. The Morgan fingerprint density at radius 3 is 1.78 bits per heavy atom. The quantitative estimate of drug-likeness (QED) is 0.0934. The molecule has 0 aliphatic carbocycles. The average molecular weight is 811 g/mol. The second kappa shape index (κ2) is 17.5. The lowest BCUT2D eigenvalue weighted by Crippen LogP contribution is -2.53. The van der Waals surface area contributed by atoms with Crippen molar-refractivity contribution in [2.45, 2.75) is 62.9 Å². The van der Waals surface area contributed by atoms with Crippen molar-refractivity contribution in [2.24, 2.45) is 0 Å². The molecular weight excluding hydrogens is 767 g/mol. The molecule has 5 atom stereocenters. The van der Waals surface area contributed by atoms with Gasteiger partial charge in [-0.25, -0.2) is 28.3 Å². The van der Waals surface area contributed by atoms with E-state index in [2.05, 4.69) is 30.6 Å². The van der Waals surface area contributed by atoms with Crippen LogP contribution in [0.3, 0.4) is 0 Å². The van der Waals surface area contributed by atoms with Gasteiger partial charge >= 0.3 is 12.2 Å². The number of hydrogen-bond donors (Lipinski definition) is 5. The number of nitrogens with zero attached hydrogens (tertiary/aromatic N) is 4. The minimum atomic E-state index is -1.35. The summed E-state index contributed by atoms with van der Waals surface area (Å²) in [7, 11) is 2.62. The Balaban J connectivity index is 1.05. The van der Waals surface area contributed by atoms with Crippen LogP contribution >= 0.6 is 0 Å². The highest BCUT2D eigenvalue weighted by Crippen LogP contribution is 2.37. The van der Waals surface area contributed by atoms with Crippen LogP contribution in [0.25, 0.3) is 33.6 Å². The SMILES string of the molecule is COC(=O)N[C@@H](C(=O)N1CCC[C@H]1c1ncc(-c2ccc(-c3ccc(-c4cnc([C@@H]5CCCN5C(=O)[C@@H](NC(=O)O)[C@@H](C)OC)[nH]4)c(F)c3)cc2F)[nH]1)c1ccccc1. The average Bonchev–Trinajstić information content (AvgIpc) is 4.08. The maximum atomic E-state index is 15.8. The van der Waals surface area contributed by atoms with Gasteiger partial charge in [0, 0.05) is 31.3 Å². The third-order valence-corrected chi connectivity index (χ3v) is 11.0. The summed E-state index contributed by atoms with van der Waals surface area (Å²) in [5, 5.41) is 14.2. The lowest BCUT2D eigenvalue weighted by molar-refractivity contribution is -0.137. The Bertz CT molecular complexity index is 2340. The van der Waals surface area contributed by atoms with E-state index in [0.717, 1.165) is 0 Å². The van der Waals surface area contributed by atoms with Crippen molar-refractivity contribution in [1.29, 1.82) is 0 Å². The van der Waals surface area contributed by atoms with Crippen LogP contribution < -0.4 is 10.6 Å². The summed E-state index contributed by atoms with van der Waals surface area (Å²) in [6.45, 7) is 2.43. The molecular formula is C42H44F2N8O7. The smallest absolute Gasteiger partial charge is 0.407 e. The molecule has 5 N–H and O–H groups in total. The number of H-pyrrole nitrogens is 2. The number of alkyl carbamates (subject to hydrolysis) is 1. The first-order valence-electron chi connectivity index (χ1n) is 19.2. The second-order valence-electron chi connectivity index (χ2n) is 14.5. The van der Waals surface area contributed by atoms with Crippen LogP contribution in [-0.4, -0.2) is 98.3 Å². The maximum Gasteiger partial charge on any atom is 0.407 e. The van der Waals surface area contributed by atoms with Crippen molar-refractivity contribution in [3.63, 3.8) is 0 Å². The summed E-state index contributed by atoms with van der Waals surface area (Å²) in [6, 6.07) is 15.0. The third-order valence-electron chi connectivity index (χ3n) is 11.0. The number of carbonyl (C=O) groups is 4. The Morgan fingerprint density at radius 1 is 0.780 bits per heavy atom. The number of likely N-dealkylation sites (tertiary alicyclic amines) is 2. The predicted molar refractivity (Wildman–Crippen MR) is 210 cm³/mol. The number of aromatic nitrogens is 4. The van der Waals surface area contributed by atoms with E-state index >= 15 is 8.78 Å². The van der Waals surface area contributed by atoms with Crippen molar-refractivity contribution < 1.29 is 42.5 Å². The van der Waals surface area contributed by atoms with Crippen molar-refractivity contribution in [3.8, 4) is 33.6 Å². The zero-order valence-corrected chi connectivity index (χ0v) is 32.6. The van der Waals surface area contributed by atoms with Gasteiger partial charge in [-0.1, -0.05) is 42.5 Å². The van der Waals surface area contributed by atoms with Gasteiger partial charge < -0.3 is 45.0 Å². The summed E-state index contributed by atoms with van der Waals surface area (Å²) < 4.78 is 41.5. The molecule has 59 heavy (non-hydrogen) atoms.